The van der Waals surface area contributed by atoms with Crippen LogP contribution in [0.2, 0.25) is 10.0 Å². The fourth-order valence-electron chi connectivity index (χ4n) is 4.43. The van der Waals surface area contributed by atoms with Crippen LogP contribution >= 0.6 is 23.2 Å². The van der Waals surface area contributed by atoms with E-state index in [9.17, 15) is 13.2 Å². The first-order chi connectivity index (χ1) is 15.2. The summed E-state index contributed by atoms with van der Waals surface area (Å²) in [4.78, 5) is 17.7. The third-order valence-corrected chi connectivity index (χ3v) is 8.87. The molecule has 0 atom stereocenters. The Kier molecular flexibility index (Phi) is 6.84. The van der Waals surface area contributed by atoms with E-state index >= 15 is 0 Å². The monoisotopic (exact) mass is 495 g/mol. The van der Waals surface area contributed by atoms with Crippen LogP contribution < -0.4 is 4.90 Å². The Morgan fingerprint density at radius 2 is 1.75 bits per heavy atom. The van der Waals surface area contributed by atoms with Crippen LogP contribution in [0.5, 0.6) is 0 Å². The first-order valence-corrected chi connectivity index (χ1v) is 12.9. The van der Waals surface area contributed by atoms with Gasteiger partial charge in [0.05, 0.1) is 14.9 Å². The van der Waals surface area contributed by atoms with Crippen LogP contribution in [0.1, 0.15) is 24.0 Å². The number of fused-ring (bicyclic) bond motifs is 1. The maximum Gasteiger partial charge on any atom is 0.242 e. The van der Waals surface area contributed by atoms with Gasteiger partial charge >= 0.3 is 0 Å². The molecule has 0 unspecified atom stereocenters. The van der Waals surface area contributed by atoms with Crippen molar-refractivity contribution in [2.75, 3.05) is 38.6 Å². The summed E-state index contributed by atoms with van der Waals surface area (Å²) in [5.74, 6) is 0.123. The third kappa shape index (κ3) is 4.68. The lowest BCUT2D eigenvalue weighted by Crippen LogP contribution is -2.41. The van der Waals surface area contributed by atoms with E-state index in [0.717, 1.165) is 49.3 Å². The molecule has 4 rings (SSSR count). The standard InChI is InChI=1S/C23H27Cl2N3O3S/c1-26(2)32(30,31)19-4-6-22-18(14-19)9-12-28(22)23(29)17-7-10-27(11-8-17)15-16-3-5-20(24)21(25)13-16/h3-6,13-14,17H,7-12,15H2,1-2H3. The highest BCUT2D eigenvalue weighted by atomic mass is 35.5. The largest absolute Gasteiger partial charge is 0.312 e. The van der Waals surface area contributed by atoms with Crippen molar-refractivity contribution >= 4 is 44.8 Å². The molecule has 0 N–H and O–H groups in total. The number of sulfonamides is 1. The normalized spacial score (nSPS) is 17.7. The van der Waals surface area contributed by atoms with E-state index in [0.29, 0.717) is 23.0 Å². The van der Waals surface area contributed by atoms with Gasteiger partial charge in [0.1, 0.15) is 0 Å². The quantitative estimate of drug-likeness (QED) is 0.627. The first-order valence-electron chi connectivity index (χ1n) is 10.7. The Balaban J connectivity index is 1.39. The molecule has 2 aromatic carbocycles. The summed E-state index contributed by atoms with van der Waals surface area (Å²) >= 11 is 12.1. The summed E-state index contributed by atoms with van der Waals surface area (Å²) in [5, 5.41) is 1.11. The maximum atomic E-state index is 13.2. The Labute approximate surface area is 199 Å². The summed E-state index contributed by atoms with van der Waals surface area (Å²) < 4.78 is 26.0. The molecule has 1 saturated heterocycles. The van der Waals surface area contributed by atoms with E-state index in [1.54, 1.807) is 18.2 Å². The van der Waals surface area contributed by atoms with E-state index in [-0.39, 0.29) is 16.7 Å². The zero-order valence-corrected chi connectivity index (χ0v) is 20.6. The summed E-state index contributed by atoms with van der Waals surface area (Å²) in [5.41, 5.74) is 2.87. The fraction of sp³-hybridized carbons (Fsp3) is 0.435. The summed E-state index contributed by atoms with van der Waals surface area (Å²) in [6.45, 7) is 3.07. The molecule has 0 saturated carbocycles. The second kappa shape index (κ2) is 9.31. The highest BCUT2D eigenvalue weighted by Gasteiger charge is 2.33. The lowest BCUT2D eigenvalue weighted by molar-refractivity contribution is -0.123. The Morgan fingerprint density at radius 3 is 2.41 bits per heavy atom. The number of halogens is 2. The van der Waals surface area contributed by atoms with Gasteiger partial charge in [0.2, 0.25) is 15.9 Å². The number of anilines is 1. The van der Waals surface area contributed by atoms with Gasteiger partial charge in [0.15, 0.2) is 0 Å². The van der Waals surface area contributed by atoms with Crippen LogP contribution in [-0.4, -0.2) is 57.3 Å². The Hall–Kier alpha value is -1.64. The van der Waals surface area contributed by atoms with Crippen LogP contribution in [0.4, 0.5) is 5.69 Å². The third-order valence-electron chi connectivity index (χ3n) is 6.32. The minimum absolute atomic E-state index is 0.0174. The van der Waals surface area contributed by atoms with E-state index in [4.69, 9.17) is 23.2 Å². The Morgan fingerprint density at radius 1 is 1.03 bits per heavy atom. The zero-order chi connectivity index (χ0) is 23.0. The van der Waals surface area contributed by atoms with Crippen molar-refractivity contribution in [3.63, 3.8) is 0 Å². The molecule has 172 valence electrons. The second-order valence-corrected chi connectivity index (χ2v) is 11.6. The maximum absolute atomic E-state index is 13.2. The average Bonchev–Trinajstić information content (AvgIpc) is 3.19. The lowest BCUT2D eigenvalue weighted by atomic mass is 9.95. The molecule has 1 fully saturated rings. The molecule has 0 spiro atoms. The lowest BCUT2D eigenvalue weighted by Gasteiger charge is -2.33. The molecule has 1 amide bonds. The van der Waals surface area contributed by atoms with Crippen LogP contribution in [0, 0.1) is 5.92 Å². The molecular formula is C23H27Cl2N3O3S. The van der Waals surface area contributed by atoms with Crippen molar-refractivity contribution in [1.82, 2.24) is 9.21 Å². The number of hydrogen-bond donors (Lipinski definition) is 0. The van der Waals surface area contributed by atoms with Crippen LogP contribution in [-0.2, 0) is 27.8 Å². The van der Waals surface area contributed by atoms with Gasteiger partial charge in [-0.05, 0) is 73.8 Å². The fourth-order valence-corrected chi connectivity index (χ4v) is 5.71. The van der Waals surface area contributed by atoms with Crippen LogP contribution in [0.25, 0.3) is 0 Å². The minimum atomic E-state index is -3.49. The molecule has 2 aliphatic rings. The topological polar surface area (TPSA) is 60.9 Å². The molecule has 0 bridgehead atoms. The zero-order valence-electron chi connectivity index (χ0n) is 18.2. The summed E-state index contributed by atoms with van der Waals surface area (Å²) in [6, 6.07) is 10.8. The van der Waals surface area contributed by atoms with Crippen molar-refractivity contribution < 1.29 is 13.2 Å². The number of amides is 1. The van der Waals surface area contributed by atoms with E-state index in [1.165, 1.54) is 18.4 Å². The van der Waals surface area contributed by atoms with E-state index < -0.39 is 10.0 Å². The Bertz CT molecular complexity index is 1130. The number of nitrogens with zero attached hydrogens (tertiary/aromatic N) is 3. The molecular weight excluding hydrogens is 469 g/mol. The number of hydrogen-bond acceptors (Lipinski definition) is 4. The molecule has 2 aliphatic heterocycles. The van der Waals surface area contributed by atoms with Gasteiger partial charge in [0.25, 0.3) is 0 Å². The number of rotatable bonds is 5. The van der Waals surface area contributed by atoms with Gasteiger partial charge in [-0.15, -0.1) is 0 Å². The predicted octanol–water partition coefficient (Wildman–Crippen LogP) is 4.05. The molecule has 0 aromatic heterocycles. The van der Waals surface area contributed by atoms with Gasteiger partial charge in [0, 0.05) is 38.8 Å². The minimum Gasteiger partial charge on any atom is -0.312 e. The molecule has 6 nitrogen and oxygen atoms in total. The van der Waals surface area contributed by atoms with Crippen LogP contribution in [0.3, 0.4) is 0 Å². The second-order valence-electron chi connectivity index (χ2n) is 8.62. The van der Waals surface area contributed by atoms with Gasteiger partial charge in [-0.3, -0.25) is 9.69 Å². The number of carbonyl (C=O) groups excluding carboxylic acids is 1. The molecule has 0 radical (unpaired) electrons. The van der Waals surface area contributed by atoms with Crippen molar-refractivity contribution in [3.8, 4) is 0 Å². The SMILES string of the molecule is CN(C)S(=O)(=O)c1ccc2c(c1)CCN2C(=O)C1CCN(Cc2ccc(Cl)c(Cl)c2)CC1. The van der Waals surface area contributed by atoms with Crippen LogP contribution in [0.15, 0.2) is 41.3 Å². The van der Waals surface area contributed by atoms with Gasteiger partial charge in [-0.25, -0.2) is 12.7 Å². The number of benzene rings is 2. The van der Waals surface area contributed by atoms with Crippen molar-refractivity contribution in [3.05, 3.63) is 57.6 Å². The van der Waals surface area contributed by atoms with Crippen molar-refractivity contribution in [2.24, 2.45) is 5.92 Å². The number of piperidine rings is 1. The number of likely N-dealkylation sites (tertiary alicyclic amines) is 1. The summed E-state index contributed by atoms with van der Waals surface area (Å²) in [6.07, 6.45) is 2.28. The van der Waals surface area contributed by atoms with Gasteiger partial charge in [-0.2, -0.15) is 0 Å². The van der Waals surface area contributed by atoms with Gasteiger partial charge in [-0.1, -0.05) is 29.3 Å². The van der Waals surface area contributed by atoms with Crippen molar-refractivity contribution in [1.29, 1.82) is 0 Å². The van der Waals surface area contributed by atoms with E-state index in [1.807, 2.05) is 23.1 Å². The first kappa shape index (κ1) is 23.5. The average molecular weight is 496 g/mol. The molecule has 2 heterocycles. The highest BCUT2D eigenvalue weighted by molar-refractivity contribution is 7.89. The summed E-state index contributed by atoms with van der Waals surface area (Å²) in [7, 11) is -0.445. The molecule has 2 aromatic rings. The van der Waals surface area contributed by atoms with Crippen molar-refractivity contribution in [2.45, 2.75) is 30.7 Å². The van der Waals surface area contributed by atoms with Gasteiger partial charge < -0.3 is 4.90 Å². The molecule has 32 heavy (non-hydrogen) atoms. The molecule has 9 heteroatoms. The number of carbonyl (C=O) groups is 1. The molecule has 0 aliphatic carbocycles. The highest BCUT2D eigenvalue weighted by Crippen LogP contribution is 2.33. The predicted molar refractivity (Wildman–Crippen MR) is 128 cm³/mol. The van der Waals surface area contributed by atoms with E-state index in [2.05, 4.69) is 4.90 Å². The smallest absolute Gasteiger partial charge is 0.242 e.